The second-order valence-electron chi connectivity index (χ2n) is 24.1. The number of thioether (sulfide) groups is 4. The molecule has 0 amide bonds. The minimum atomic E-state index is -1.04. The molecule has 37 heteroatoms. The minimum Gasteiger partial charge on any atom is -0.390 e. The first kappa shape index (κ1) is 68.6. The van der Waals surface area contributed by atoms with Gasteiger partial charge in [0.1, 0.15) is 48.4 Å². The average molecular weight is 1390 g/mol. The monoisotopic (exact) mass is 1390 g/mol. The van der Waals surface area contributed by atoms with Gasteiger partial charge < -0.3 is 46.6 Å². The van der Waals surface area contributed by atoms with Crippen LogP contribution < -0.4 is 16.0 Å². The normalized spacial score (nSPS) is 25.3. The van der Waals surface area contributed by atoms with Crippen LogP contribution in [0.5, 0.6) is 0 Å². The molecule has 9 heterocycles. The van der Waals surface area contributed by atoms with Crippen LogP contribution in [0.2, 0.25) is 0 Å². The van der Waals surface area contributed by atoms with Crippen molar-refractivity contribution in [2.45, 2.75) is 192 Å². The van der Waals surface area contributed by atoms with Crippen LogP contribution in [-0.4, -0.2) is 236 Å². The second kappa shape index (κ2) is 31.4. The van der Waals surface area contributed by atoms with Gasteiger partial charge in [-0.1, -0.05) is 115 Å². The molecule has 14 rings (SSSR count). The molecule has 12 N–H and O–H groups in total. The molecule has 0 aliphatic heterocycles. The van der Waals surface area contributed by atoms with Crippen LogP contribution in [0, 0.1) is 6.92 Å². The molecule has 0 spiro atoms. The van der Waals surface area contributed by atoms with E-state index in [9.17, 15) is 30.6 Å². The molecule has 1 aromatic carbocycles. The molecule has 0 unspecified atom stereocenters. The number of anilines is 3. The number of hydrogen-bond acceptors (Lipinski definition) is 31. The lowest BCUT2D eigenvalue weighted by molar-refractivity contribution is 0.0146. The summed E-state index contributed by atoms with van der Waals surface area (Å²) in [5, 5.41) is 123. The van der Waals surface area contributed by atoms with Crippen LogP contribution >= 0.6 is 47.0 Å². The highest BCUT2D eigenvalue weighted by Gasteiger charge is 2.49. The third-order valence-corrected chi connectivity index (χ3v) is 21.2. The molecule has 96 heavy (non-hydrogen) atoms. The van der Waals surface area contributed by atoms with E-state index < -0.39 is 60.7 Å². The van der Waals surface area contributed by atoms with E-state index in [0.717, 1.165) is 74.6 Å². The lowest BCUT2D eigenvalue weighted by Gasteiger charge is -2.17. The second-order valence-corrected chi connectivity index (χ2v) is 28.3. The fraction of sp³-hybridized carbons (Fsp3) is 0.593. The summed E-state index contributed by atoms with van der Waals surface area (Å²) in [6.45, 7) is 11.8. The molecule has 4 fully saturated rings. The van der Waals surface area contributed by atoms with Gasteiger partial charge in [-0.2, -0.15) is 27.1 Å². The molecule has 0 radical (unpaired) electrons. The smallest absolute Gasteiger partial charge is 0.191 e. The van der Waals surface area contributed by atoms with Gasteiger partial charge in [-0.25, -0.2) is 58.9 Å². The molecule has 10 aromatic rings. The molecule has 14 atom stereocenters. The zero-order valence-corrected chi connectivity index (χ0v) is 57.2. The number of H-pyrrole nitrogens is 3. The number of aliphatic hydroxyl groups excluding tert-OH is 6. The lowest BCUT2D eigenvalue weighted by atomic mass is 10.1. The molecular weight excluding hydrogens is 1310 g/mol. The van der Waals surface area contributed by atoms with E-state index in [2.05, 4.69) is 171 Å². The van der Waals surface area contributed by atoms with Crippen molar-refractivity contribution >= 4 is 98.0 Å². The Balaban J connectivity index is 0.000000138. The predicted octanol–water partition coefficient (Wildman–Crippen LogP) is 5.14. The number of benzene rings is 1. The maximum absolute atomic E-state index is 10.9. The van der Waals surface area contributed by atoms with Gasteiger partial charge in [0.15, 0.2) is 72.2 Å². The van der Waals surface area contributed by atoms with Gasteiger partial charge >= 0.3 is 0 Å². The highest BCUT2D eigenvalue weighted by atomic mass is 32.2. The van der Waals surface area contributed by atoms with Crippen molar-refractivity contribution in [3.63, 3.8) is 0 Å². The van der Waals surface area contributed by atoms with Crippen LogP contribution in [0.15, 0.2) is 58.5 Å². The van der Waals surface area contributed by atoms with Crippen molar-refractivity contribution in [3.8, 4) is 0 Å². The lowest BCUT2D eigenvalue weighted by Crippen LogP contribution is -2.29. The van der Waals surface area contributed by atoms with Crippen LogP contribution in [0.25, 0.3) is 33.5 Å². The SMILES string of the molecule is CCCCNc1nc(SCCC)nc2c1nnn2[C@@H]1C[C@H](c2ncn[nH]2)[C@@H](O)[C@H]1O.CCCSc1nc(NCCSC)c2nnn([C@@H]3C[C@H](c4n[nH]c(C)n4)[C@@H](O)[C@H]3O)c2n1.CCCSc1nc(N[C@@H]2C[C@H]2c2ccccc2)c2nnn([C@@H]3C[C@H](c4ncn[nH]4)[C@@H](O)[C@H]3O)c2n1. The number of fused-ring (bicyclic) bond motifs is 3. The molecule has 33 nitrogen and oxygen atoms in total. The quantitative estimate of drug-likeness (QED) is 0.0190. The molecule has 4 aliphatic rings. The summed E-state index contributed by atoms with van der Waals surface area (Å²) in [6, 6.07) is 9.23. The standard InChI is InChI=1S/C23H27N9O2S.C18H27N9O2S2.C18H27N9O2S/c1-2-8-35-23-27-21(26-15-9-13(15)12-6-4-3-5-7-12)17-22(28-23)32(31-29-17)16-10-14(18(33)19(16)34)20-24-11-25-30-20;1-4-6-31-18-21-16(19-5-7-30-3)12-17(22-18)27(26-24-12)11-8-10(13(28)14(11)29)15-20-9(2)23-25-15;1-3-5-6-19-16-12-17(23-18(22-16)30-7-4-2)27(26-24-12)11-8-10(13(28)14(11)29)15-20-9-21-25-15/h3-7,11,13-16,18-19,33-34H,2,8-10H2,1H3,(H,24,25,30)(H,26,27,28);10-11,13-14,28-29H,4-8H2,1-3H3,(H,19,21,22)(H,20,23,25);9-11,13-14,28-29H,3-8H2,1-2H3,(H,19,22,23)(H,20,21,25)/t13-,14-,15+,16+,18+,19-;2*10-,11+,13+,14-/m000/s1. The summed E-state index contributed by atoms with van der Waals surface area (Å²) in [5.41, 5.74) is 4.64. The van der Waals surface area contributed by atoms with E-state index in [-0.39, 0.29) is 17.9 Å². The highest BCUT2D eigenvalue weighted by molar-refractivity contribution is 7.99. The molecule has 9 aromatic heterocycles. The van der Waals surface area contributed by atoms with E-state index in [1.54, 1.807) is 68.0 Å². The van der Waals surface area contributed by atoms with Crippen molar-refractivity contribution in [2.75, 3.05) is 58.3 Å². The van der Waals surface area contributed by atoms with Gasteiger partial charge in [-0.05, 0) is 70.1 Å². The summed E-state index contributed by atoms with van der Waals surface area (Å²) >= 11 is 6.47. The first-order valence-electron chi connectivity index (χ1n) is 32.5. The number of nitrogens with zero attached hydrogens (tertiary/aromatic N) is 21. The van der Waals surface area contributed by atoms with Gasteiger partial charge in [0.05, 0.1) is 42.4 Å². The Kier molecular flexibility index (Phi) is 22.5. The molecule has 512 valence electrons. The number of hydrogen-bond donors (Lipinski definition) is 12. The zero-order valence-electron chi connectivity index (χ0n) is 53.9. The minimum absolute atomic E-state index is 0.263. The van der Waals surface area contributed by atoms with Crippen molar-refractivity contribution in [2.24, 2.45) is 0 Å². The van der Waals surface area contributed by atoms with Gasteiger partial charge in [0.2, 0.25) is 0 Å². The summed E-state index contributed by atoms with van der Waals surface area (Å²) in [6.07, 6.45) is 6.16. The maximum Gasteiger partial charge on any atom is 0.191 e. The summed E-state index contributed by atoms with van der Waals surface area (Å²) in [5.74, 6) is 7.08. The third kappa shape index (κ3) is 14.9. The first-order chi connectivity index (χ1) is 46.8. The summed E-state index contributed by atoms with van der Waals surface area (Å²) in [4.78, 5) is 40.8. The number of unbranched alkanes of at least 4 members (excludes halogenated alkanes) is 1. The Labute approximate surface area is 568 Å². The molecule has 4 saturated carbocycles. The zero-order chi connectivity index (χ0) is 67.0. The van der Waals surface area contributed by atoms with Crippen LogP contribution in [-0.2, 0) is 0 Å². The van der Waals surface area contributed by atoms with Crippen LogP contribution in [0.3, 0.4) is 0 Å². The van der Waals surface area contributed by atoms with Crippen LogP contribution in [0.4, 0.5) is 17.5 Å². The number of aromatic amines is 3. The largest absolute Gasteiger partial charge is 0.390 e. The molecule has 0 saturated heterocycles. The number of aliphatic hydroxyl groups is 6. The molecule has 0 bridgehead atoms. The van der Waals surface area contributed by atoms with Crippen molar-refractivity contribution in [3.05, 3.63) is 71.8 Å². The topological polar surface area (TPSA) is 452 Å². The Morgan fingerprint density at radius 1 is 0.500 bits per heavy atom. The highest BCUT2D eigenvalue weighted by Crippen LogP contribution is 2.46. The van der Waals surface area contributed by atoms with E-state index >= 15 is 0 Å². The van der Waals surface area contributed by atoms with Crippen molar-refractivity contribution in [1.29, 1.82) is 0 Å². The first-order valence-corrected chi connectivity index (χ1v) is 36.9. The van der Waals surface area contributed by atoms with E-state index in [1.807, 2.05) is 6.07 Å². The van der Waals surface area contributed by atoms with Crippen LogP contribution in [0.1, 0.15) is 156 Å². The summed E-state index contributed by atoms with van der Waals surface area (Å²) in [7, 11) is 0. The number of aryl methyl sites for hydroxylation is 1. The Morgan fingerprint density at radius 3 is 1.40 bits per heavy atom. The number of nitrogens with one attached hydrogen (secondary N) is 6. The Bertz CT molecular complexity index is 4110. The van der Waals surface area contributed by atoms with E-state index in [0.29, 0.717) is 115 Å². The van der Waals surface area contributed by atoms with Crippen molar-refractivity contribution in [1.82, 2.24) is 120 Å². The van der Waals surface area contributed by atoms with E-state index in [4.69, 9.17) is 9.97 Å². The molecular formula is C59H81N27O6S4. The van der Waals surface area contributed by atoms with Gasteiger partial charge in [0, 0.05) is 59.9 Å². The Hall–Kier alpha value is -7.36. The fourth-order valence-corrected chi connectivity index (χ4v) is 14.7. The number of rotatable bonds is 26. The fourth-order valence-electron chi connectivity index (χ4n) is 12.3. The predicted molar refractivity (Wildman–Crippen MR) is 363 cm³/mol. The average Bonchev–Trinajstić information content (AvgIpc) is 1.62. The maximum atomic E-state index is 10.9. The number of aromatic nitrogens is 24. The van der Waals surface area contributed by atoms with Gasteiger partial charge in [0.25, 0.3) is 0 Å². The third-order valence-electron chi connectivity index (χ3n) is 17.4. The van der Waals surface area contributed by atoms with Gasteiger partial charge in [-0.3, -0.25) is 15.3 Å². The van der Waals surface area contributed by atoms with Gasteiger partial charge in [-0.15, -0.1) is 15.3 Å². The molecule has 4 aliphatic carbocycles. The van der Waals surface area contributed by atoms with Crippen molar-refractivity contribution < 1.29 is 30.6 Å². The van der Waals surface area contributed by atoms with E-state index in [1.165, 1.54) is 18.2 Å². The summed E-state index contributed by atoms with van der Waals surface area (Å²) < 4.78 is 4.85. The Morgan fingerprint density at radius 2 is 0.958 bits per heavy atom.